The summed E-state index contributed by atoms with van der Waals surface area (Å²) in [7, 11) is 2.05. The molecule has 0 spiro atoms. The Bertz CT molecular complexity index is 1180. The van der Waals surface area contributed by atoms with E-state index in [1.165, 1.54) is 25.7 Å². The lowest BCUT2D eigenvalue weighted by Gasteiger charge is -2.34. The zero-order valence-corrected chi connectivity index (χ0v) is 21.3. The van der Waals surface area contributed by atoms with E-state index in [9.17, 15) is 9.59 Å². The van der Waals surface area contributed by atoms with Gasteiger partial charge in [0.05, 0.1) is 5.69 Å². The van der Waals surface area contributed by atoms with Crippen molar-refractivity contribution in [1.29, 1.82) is 0 Å². The van der Waals surface area contributed by atoms with Gasteiger partial charge in [-0.25, -0.2) is 0 Å². The minimum absolute atomic E-state index is 0.0467. The fourth-order valence-electron chi connectivity index (χ4n) is 4.32. The Hall–Kier alpha value is -2.14. The molecule has 1 aliphatic rings. The summed E-state index contributed by atoms with van der Waals surface area (Å²) in [5.41, 5.74) is 3.99. The highest BCUT2D eigenvalue weighted by Crippen LogP contribution is 2.41. The van der Waals surface area contributed by atoms with E-state index >= 15 is 0 Å². The fourth-order valence-corrected chi connectivity index (χ4v) is 4.89. The first-order valence-corrected chi connectivity index (χ1v) is 12.4. The molecule has 1 N–H and O–H groups in total. The SMILES string of the molecule is CCCCCC.Cc1c(Nc2ccccc2[C@@H]2CN(C)Cc3c(Cl)cc(Cl)cc32)c(=O)c1=O. The molecule has 176 valence electrons. The maximum absolute atomic E-state index is 11.9. The highest BCUT2D eigenvalue weighted by atomic mass is 35.5. The second kappa shape index (κ2) is 11.3. The van der Waals surface area contributed by atoms with Crippen LogP contribution in [-0.2, 0) is 6.54 Å². The molecule has 3 aromatic rings. The minimum atomic E-state index is -0.463. The number of benzene rings is 2. The van der Waals surface area contributed by atoms with Crippen LogP contribution < -0.4 is 16.2 Å². The molecule has 0 aromatic heterocycles. The molecule has 0 fully saturated rings. The van der Waals surface area contributed by atoms with Crippen molar-refractivity contribution in [2.45, 2.75) is 58.9 Å². The summed E-state index contributed by atoms with van der Waals surface area (Å²) in [5, 5.41) is 4.45. The van der Waals surface area contributed by atoms with E-state index in [1.807, 2.05) is 30.3 Å². The molecule has 0 unspecified atom stereocenters. The smallest absolute Gasteiger partial charge is 0.249 e. The van der Waals surface area contributed by atoms with Gasteiger partial charge in [0.15, 0.2) is 0 Å². The van der Waals surface area contributed by atoms with E-state index in [0.717, 1.165) is 35.5 Å². The Morgan fingerprint density at radius 3 is 2.30 bits per heavy atom. The largest absolute Gasteiger partial charge is 0.352 e. The highest BCUT2D eigenvalue weighted by Gasteiger charge is 2.29. The Labute approximate surface area is 206 Å². The first-order chi connectivity index (χ1) is 15.8. The molecular weight excluding hydrogens is 455 g/mol. The molecule has 0 saturated carbocycles. The van der Waals surface area contributed by atoms with Crippen molar-refractivity contribution in [3.8, 4) is 0 Å². The fraction of sp³-hybridized carbons (Fsp3) is 0.407. The molecule has 6 heteroatoms. The number of likely N-dealkylation sites (N-methyl/N-ethyl adjacent to an activating group) is 1. The number of halogens is 2. The van der Waals surface area contributed by atoms with Crippen LogP contribution in [0, 0.1) is 6.92 Å². The first kappa shape index (κ1) is 25.5. The molecule has 0 aliphatic carbocycles. The Morgan fingerprint density at radius 2 is 1.67 bits per heavy atom. The third-order valence-corrected chi connectivity index (χ3v) is 6.75. The molecule has 1 aliphatic heterocycles. The number of nitrogens with one attached hydrogen (secondary N) is 1. The summed E-state index contributed by atoms with van der Waals surface area (Å²) in [5.74, 6) is 0.0467. The van der Waals surface area contributed by atoms with Gasteiger partial charge in [0.25, 0.3) is 0 Å². The summed E-state index contributed by atoms with van der Waals surface area (Å²) < 4.78 is 0. The summed E-state index contributed by atoms with van der Waals surface area (Å²) in [4.78, 5) is 25.7. The van der Waals surface area contributed by atoms with Gasteiger partial charge in [0.2, 0.25) is 10.9 Å². The van der Waals surface area contributed by atoms with Gasteiger partial charge >= 0.3 is 0 Å². The topological polar surface area (TPSA) is 49.4 Å². The second-order valence-corrected chi connectivity index (χ2v) is 9.63. The van der Waals surface area contributed by atoms with Gasteiger partial charge < -0.3 is 10.2 Å². The van der Waals surface area contributed by atoms with Crippen LogP contribution >= 0.6 is 23.2 Å². The van der Waals surface area contributed by atoms with Gasteiger partial charge in [0, 0.05) is 40.3 Å². The first-order valence-electron chi connectivity index (χ1n) is 11.6. The van der Waals surface area contributed by atoms with Crippen LogP contribution in [0.15, 0.2) is 46.0 Å². The molecule has 0 amide bonds. The lowest BCUT2D eigenvalue weighted by molar-refractivity contribution is 0.295. The lowest BCUT2D eigenvalue weighted by atomic mass is 9.84. The van der Waals surface area contributed by atoms with Gasteiger partial charge in [-0.05, 0) is 48.9 Å². The highest BCUT2D eigenvalue weighted by molar-refractivity contribution is 6.35. The zero-order valence-electron chi connectivity index (χ0n) is 19.8. The van der Waals surface area contributed by atoms with Crippen LogP contribution in [0.25, 0.3) is 0 Å². The van der Waals surface area contributed by atoms with Crippen LogP contribution in [0.3, 0.4) is 0 Å². The third-order valence-electron chi connectivity index (χ3n) is 6.19. The number of hydrogen-bond donors (Lipinski definition) is 1. The van der Waals surface area contributed by atoms with Gasteiger partial charge in [-0.15, -0.1) is 0 Å². The number of rotatable bonds is 6. The maximum Gasteiger partial charge on any atom is 0.249 e. The molecule has 33 heavy (non-hydrogen) atoms. The summed E-state index contributed by atoms with van der Waals surface area (Å²) >= 11 is 12.7. The van der Waals surface area contributed by atoms with Crippen molar-refractivity contribution >= 4 is 34.6 Å². The minimum Gasteiger partial charge on any atom is -0.352 e. The average Bonchev–Trinajstić information content (AvgIpc) is 2.81. The standard InChI is InChI=1S/C21H18Cl2N2O2.C6H14/c1-11-19(21(27)20(11)26)24-18-6-4-3-5-13(18)15-9-25(2)10-16-14(15)7-12(22)8-17(16)23;1-3-5-6-4-2/h3-8,15,24H,9-10H2,1-2H3;3-6H2,1-2H3/t15-;/m0./s1. The zero-order chi connectivity index (χ0) is 24.1. The van der Waals surface area contributed by atoms with Crippen LogP contribution in [0.2, 0.25) is 10.0 Å². The van der Waals surface area contributed by atoms with E-state index < -0.39 is 10.9 Å². The van der Waals surface area contributed by atoms with E-state index in [2.05, 4.69) is 31.1 Å². The summed E-state index contributed by atoms with van der Waals surface area (Å²) in [6, 6.07) is 11.6. The summed E-state index contributed by atoms with van der Waals surface area (Å²) in [6.07, 6.45) is 5.54. The monoisotopic (exact) mass is 486 g/mol. The number of para-hydroxylation sites is 1. The number of unbranched alkanes of at least 4 members (excludes halogenated alkanes) is 3. The molecule has 4 rings (SSSR count). The Kier molecular flexibility index (Phi) is 8.75. The summed E-state index contributed by atoms with van der Waals surface area (Å²) in [6.45, 7) is 7.69. The number of fused-ring (bicyclic) bond motifs is 1. The van der Waals surface area contributed by atoms with Gasteiger partial charge in [-0.2, -0.15) is 0 Å². The molecule has 1 atom stereocenters. The van der Waals surface area contributed by atoms with Crippen LogP contribution in [0.4, 0.5) is 11.4 Å². The van der Waals surface area contributed by atoms with Crippen molar-refractivity contribution < 1.29 is 0 Å². The van der Waals surface area contributed by atoms with Crippen LogP contribution in [0.1, 0.15) is 67.7 Å². The predicted molar refractivity (Wildman–Crippen MR) is 140 cm³/mol. The van der Waals surface area contributed by atoms with Crippen molar-refractivity contribution in [3.63, 3.8) is 0 Å². The lowest BCUT2D eigenvalue weighted by Crippen LogP contribution is -2.36. The van der Waals surface area contributed by atoms with Crippen molar-refractivity contribution in [2.24, 2.45) is 0 Å². The molecule has 0 bridgehead atoms. The molecule has 4 nitrogen and oxygen atoms in total. The maximum atomic E-state index is 11.9. The van der Waals surface area contributed by atoms with Gasteiger partial charge in [-0.1, -0.05) is 80.9 Å². The van der Waals surface area contributed by atoms with Crippen LogP contribution in [0.5, 0.6) is 0 Å². The third kappa shape index (κ3) is 5.68. The molecular formula is C27H32Cl2N2O2. The molecule has 1 heterocycles. The van der Waals surface area contributed by atoms with E-state index in [-0.39, 0.29) is 5.92 Å². The van der Waals surface area contributed by atoms with Crippen LogP contribution in [-0.4, -0.2) is 18.5 Å². The number of hydrogen-bond acceptors (Lipinski definition) is 4. The average molecular weight is 487 g/mol. The second-order valence-electron chi connectivity index (χ2n) is 8.78. The molecule has 0 saturated heterocycles. The Balaban J connectivity index is 0.000000454. The van der Waals surface area contributed by atoms with Crippen molar-refractivity contribution in [3.05, 3.63) is 89.1 Å². The number of nitrogens with zero attached hydrogens (tertiary/aromatic N) is 1. The molecule has 0 radical (unpaired) electrons. The normalized spacial score (nSPS) is 15.6. The van der Waals surface area contributed by atoms with Crippen molar-refractivity contribution in [2.75, 3.05) is 18.9 Å². The van der Waals surface area contributed by atoms with E-state index in [4.69, 9.17) is 23.2 Å². The predicted octanol–water partition coefficient (Wildman–Crippen LogP) is 6.81. The Morgan fingerprint density at radius 1 is 1.00 bits per heavy atom. The van der Waals surface area contributed by atoms with E-state index in [1.54, 1.807) is 13.0 Å². The molecule has 3 aromatic carbocycles. The number of anilines is 2. The quantitative estimate of drug-likeness (QED) is 0.307. The van der Waals surface area contributed by atoms with Crippen molar-refractivity contribution in [1.82, 2.24) is 4.90 Å². The van der Waals surface area contributed by atoms with E-state index in [0.29, 0.717) is 21.3 Å². The van der Waals surface area contributed by atoms with Gasteiger partial charge in [-0.3, -0.25) is 9.59 Å². The van der Waals surface area contributed by atoms with Gasteiger partial charge in [0.1, 0.15) is 0 Å².